The molecule has 7 heteroatoms. The quantitative estimate of drug-likeness (QED) is 0.739. The number of aromatic carboxylic acids is 1. The van der Waals surface area contributed by atoms with Gasteiger partial charge in [0, 0.05) is 12.6 Å². The Balaban J connectivity index is 2.15. The number of hydrogen-bond donors (Lipinski definition) is 2. The van der Waals surface area contributed by atoms with Crippen LogP contribution in [0.2, 0.25) is 0 Å². The molecule has 2 aromatic carbocycles. The van der Waals surface area contributed by atoms with E-state index in [1.165, 1.54) is 29.8 Å². The van der Waals surface area contributed by atoms with Crippen molar-refractivity contribution in [2.24, 2.45) is 0 Å². The number of benzene rings is 2. The first-order chi connectivity index (χ1) is 12.2. The van der Waals surface area contributed by atoms with Crippen molar-refractivity contribution >= 4 is 16.0 Å². The maximum absolute atomic E-state index is 12.5. The van der Waals surface area contributed by atoms with E-state index in [2.05, 4.69) is 11.6 Å². The Hall–Kier alpha value is -2.22. The second-order valence-corrected chi connectivity index (χ2v) is 8.02. The van der Waals surface area contributed by atoms with Crippen LogP contribution in [0.1, 0.15) is 34.5 Å². The van der Waals surface area contributed by atoms with Gasteiger partial charge in [-0.05, 0) is 55.9 Å². The molecular weight excluding hydrogens is 352 g/mol. The number of likely N-dealkylation sites (N-methyl/N-ethyl adjacent to an activating group) is 1. The molecule has 2 rings (SSSR count). The van der Waals surface area contributed by atoms with Crippen LogP contribution in [0.3, 0.4) is 0 Å². The fourth-order valence-electron chi connectivity index (χ4n) is 2.62. The fourth-order valence-corrected chi connectivity index (χ4v) is 3.66. The maximum atomic E-state index is 12.5. The molecule has 140 valence electrons. The zero-order valence-electron chi connectivity index (χ0n) is 15.1. The number of aryl methyl sites for hydroxylation is 1. The highest BCUT2D eigenvalue weighted by Gasteiger charge is 2.20. The van der Waals surface area contributed by atoms with Gasteiger partial charge in [0.25, 0.3) is 0 Å². The van der Waals surface area contributed by atoms with Gasteiger partial charge in [0.1, 0.15) is 0 Å². The summed E-state index contributed by atoms with van der Waals surface area (Å²) in [5, 5.41) is 8.91. The molecule has 0 fully saturated rings. The zero-order chi connectivity index (χ0) is 19.3. The molecule has 0 bridgehead atoms. The summed E-state index contributed by atoms with van der Waals surface area (Å²) in [5.74, 6) is -1.09. The van der Waals surface area contributed by atoms with Crippen molar-refractivity contribution in [3.63, 3.8) is 0 Å². The first-order valence-electron chi connectivity index (χ1n) is 8.33. The number of carboxylic acids is 1. The Morgan fingerprint density at radius 2 is 1.65 bits per heavy atom. The highest BCUT2D eigenvalue weighted by atomic mass is 32.2. The standard InChI is InChI=1S/C19H24N2O4S/c1-4-14-5-7-15(8-6-14)18(21(2)3)13-20-26(24,25)17-11-9-16(10-12-17)19(22)23/h5-12,18,20H,4,13H2,1-3H3,(H,22,23)/t18-/m1/s1. The van der Waals surface area contributed by atoms with E-state index in [1.807, 2.05) is 43.3 Å². The number of sulfonamides is 1. The van der Waals surface area contributed by atoms with Gasteiger partial charge < -0.3 is 10.0 Å². The minimum atomic E-state index is -3.72. The highest BCUT2D eigenvalue weighted by molar-refractivity contribution is 7.89. The SMILES string of the molecule is CCc1ccc([C@@H](CNS(=O)(=O)c2ccc(C(=O)O)cc2)N(C)C)cc1. The summed E-state index contributed by atoms with van der Waals surface area (Å²) in [5.41, 5.74) is 2.30. The molecule has 26 heavy (non-hydrogen) atoms. The Kier molecular flexibility index (Phi) is 6.52. The minimum absolute atomic E-state index is 0.0429. The summed E-state index contributed by atoms with van der Waals surface area (Å²) < 4.78 is 27.6. The predicted octanol–water partition coefficient (Wildman–Crippen LogP) is 2.53. The number of nitrogens with one attached hydrogen (secondary N) is 1. The number of carboxylic acid groups (broad SMARTS) is 1. The molecule has 2 N–H and O–H groups in total. The van der Waals surface area contributed by atoms with E-state index in [-0.39, 0.29) is 23.0 Å². The van der Waals surface area contributed by atoms with Gasteiger partial charge in [-0.3, -0.25) is 0 Å². The molecule has 6 nitrogen and oxygen atoms in total. The van der Waals surface area contributed by atoms with Crippen LogP contribution in [0.25, 0.3) is 0 Å². The van der Waals surface area contributed by atoms with Crippen LogP contribution in [-0.2, 0) is 16.4 Å². The van der Waals surface area contributed by atoms with Gasteiger partial charge in [-0.1, -0.05) is 31.2 Å². The van der Waals surface area contributed by atoms with Crippen molar-refractivity contribution in [2.45, 2.75) is 24.3 Å². The van der Waals surface area contributed by atoms with Gasteiger partial charge in [-0.2, -0.15) is 0 Å². The molecule has 0 aliphatic carbocycles. The van der Waals surface area contributed by atoms with E-state index in [0.29, 0.717) is 0 Å². The molecule has 0 aliphatic rings. The van der Waals surface area contributed by atoms with Crippen LogP contribution in [0, 0.1) is 0 Å². The van der Waals surface area contributed by atoms with Gasteiger partial charge in [0.2, 0.25) is 10.0 Å². The van der Waals surface area contributed by atoms with Crippen LogP contribution < -0.4 is 4.72 Å². The largest absolute Gasteiger partial charge is 0.478 e. The first kappa shape index (κ1) is 20.1. The van der Waals surface area contributed by atoms with Gasteiger partial charge >= 0.3 is 5.97 Å². The Morgan fingerprint density at radius 1 is 1.08 bits per heavy atom. The summed E-state index contributed by atoms with van der Waals surface area (Å²) >= 11 is 0. The second kappa shape index (κ2) is 8.44. The Labute approximate surface area is 154 Å². The molecule has 0 aliphatic heterocycles. The molecule has 0 aromatic heterocycles. The summed E-state index contributed by atoms with van der Waals surface area (Å²) in [6.45, 7) is 2.30. The van der Waals surface area contributed by atoms with Crippen LogP contribution >= 0.6 is 0 Å². The van der Waals surface area contributed by atoms with E-state index in [9.17, 15) is 13.2 Å². The Morgan fingerprint density at radius 3 is 2.12 bits per heavy atom. The third-order valence-electron chi connectivity index (χ3n) is 4.27. The average Bonchev–Trinajstić information content (AvgIpc) is 2.62. The van der Waals surface area contributed by atoms with Gasteiger partial charge in [0.15, 0.2) is 0 Å². The topological polar surface area (TPSA) is 86.7 Å². The van der Waals surface area contributed by atoms with E-state index >= 15 is 0 Å². The van der Waals surface area contributed by atoms with Crippen molar-refractivity contribution in [2.75, 3.05) is 20.6 Å². The van der Waals surface area contributed by atoms with Crippen molar-refractivity contribution < 1.29 is 18.3 Å². The molecule has 0 spiro atoms. The summed E-state index contributed by atoms with van der Waals surface area (Å²) in [6.07, 6.45) is 0.950. The highest BCUT2D eigenvalue weighted by Crippen LogP contribution is 2.19. The van der Waals surface area contributed by atoms with E-state index < -0.39 is 16.0 Å². The third-order valence-corrected chi connectivity index (χ3v) is 5.71. The van der Waals surface area contributed by atoms with E-state index in [4.69, 9.17) is 5.11 Å². The normalized spacial score (nSPS) is 12.9. The van der Waals surface area contributed by atoms with Gasteiger partial charge in [-0.25, -0.2) is 17.9 Å². The van der Waals surface area contributed by atoms with Crippen molar-refractivity contribution in [3.8, 4) is 0 Å². The van der Waals surface area contributed by atoms with E-state index in [1.54, 1.807) is 0 Å². The van der Waals surface area contributed by atoms with E-state index in [0.717, 1.165) is 12.0 Å². The smallest absolute Gasteiger partial charge is 0.335 e. The second-order valence-electron chi connectivity index (χ2n) is 6.26. The van der Waals surface area contributed by atoms with Crippen LogP contribution in [0.5, 0.6) is 0 Å². The molecular formula is C19H24N2O4S. The number of nitrogens with zero attached hydrogens (tertiary/aromatic N) is 1. The number of rotatable bonds is 8. The molecule has 0 heterocycles. The van der Waals surface area contributed by atoms with Crippen LogP contribution in [0.4, 0.5) is 0 Å². The summed E-state index contributed by atoms with van der Waals surface area (Å²) in [4.78, 5) is 12.9. The number of carbonyl (C=O) groups is 1. The molecule has 0 radical (unpaired) electrons. The average molecular weight is 376 g/mol. The van der Waals surface area contributed by atoms with Crippen LogP contribution in [0.15, 0.2) is 53.4 Å². The monoisotopic (exact) mass is 376 g/mol. The minimum Gasteiger partial charge on any atom is -0.478 e. The Bertz CT molecular complexity index is 844. The maximum Gasteiger partial charge on any atom is 0.335 e. The molecule has 0 saturated carbocycles. The lowest BCUT2D eigenvalue weighted by Gasteiger charge is -2.25. The van der Waals surface area contributed by atoms with Gasteiger partial charge in [0.05, 0.1) is 10.5 Å². The lowest BCUT2D eigenvalue weighted by molar-refractivity contribution is 0.0696. The first-order valence-corrected chi connectivity index (χ1v) is 9.81. The van der Waals surface area contributed by atoms with Gasteiger partial charge in [-0.15, -0.1) is 0 Å². The number of hydrogen-bond acceptors (Lipinski definition) is 4. The molecule has 0 saturated heterocycles. The fraction of sp³-hybridized carbons (Fsp3) is 0.316. The predicted molar refractivity (Wildman–Crippen MR) is 101 cm³/mol. The van der Waals surface area contributed by atoms with Crippen LogP contribution in [-0.4, -0.2) is 45.0 Å². The molecule has 0 amide bonds. The van der Waals surface area contributed by atoms with Crippen molar-refractivity contribution in [1.29, 1.82) is 0 Å². The zero-order valence-corrected chi connectivity index (χ0v) is 16.0. The molecule has 1 atom stereocenters. The molecule has 0 unspecified atom stereocenters. The summed E-state index contributed by atoms with van der Waals surface area (Å²) in [7, 11) is 0.0726. The lowest BCUT2D eigenvalue weighted by atomic mass is 10.0. The summed E-state index contributed by atoms with van der Waals surface area (Å²) in [6, 6.07) is 13.2. The van der Waals surface area contributed by atoms with Crippen molar-refractivity contribution in [3.05, 3.63) is 65.2 Å². The third kappa shape index (κ3) is 4.91. The lowest BCUT2D eigenvalue weighted by Crippen LogP contribution is -2.34. The molecule has 2 aromatic rings. The van der Waals surface area contributed by atoms with Crippen molar-refractivity contribution in [1.82, 2.24) is 9.62 Å².